The van der Waals surface area contributed by atoms with Gasteiger partial charge in [-0.15, -0.1) is 0 Å². The molecule has 124 valence electrons. The first-order valence-corrected chi connectivity index (χ1v) is 7.66. The molecule has 1 heterocycles. The van der Waals surface area contributed by atoms with Crippen molar-refractivity contribution in [2.75, 3.05) is 10.6 Å². The van der Waals surface area contributed by atoms with Gasteiger partial charge < -0.3 is 10.6 Å². The van der Waals surface area contributed by atoms with Gasteiger partial charge in [-0.1, -0.05) is 39.0 Å². The molecular formula is C19H21N3O2. The Hall–Kier alpha value is -2.95. The maximum atomic E-state index is 12.2. The molecule has 1 aromatic heterocycles. The van der Waals surface area contributed by atoms with Crippen LogP contribution in [0.1, 0.15) is 31.1 Å². The van der Waals surface area contributed by atoms with E-state index in [4.69, 9.17) is 0 Å². The lowest BCUT2D eigenvalue weighted by Gasteiger charge is -2.13. The van der Waals surface area contributed by atoms with Crippen molar-refractivity contribution in [2.45, 2.75) is 20.8 Å². The quantitative estimate of drug-likeness (QED) is 0.839. The van der Waals surface area contributed by atoms with Crippen LogP contribution in [0.3, 0.4) is 0 Å². The first kappa shape index (κ1) is 17.4. The molecule has 1 aromatic carbocycles. The number of aromatic nitrogens is 1. The molecule has 2 N–H and O–H groups in total. The molecule has 24 heavy (non-hydrogen) atoms. The van der Waals surface area contributed by atoms with Crippen molar-refractivity contribution in [3.05, 3.63) is 66.5 Å². The fourth-order valence-electron chi connectivity index (χ4n) is 1.89. The third kappa shape index (κ3) is 5.35. The highest BCUT2D eigenvalue weighted by atomic mass is 16.2. The van der Waals surface area contributed by atoms with Crippen molar-refractivity contribution < 1.29 is 9.59 Å². The molecule has 5 heteroatoms. The predicted octanol–water partition coefficient (Wildman–Crippen LogP) is 3.87. The van der Waals surface area contributed by atoms with Gasteiger partial charge in [0.15, 0.2) is 0 Å². The zero-order valence-electron chi connectivity index (χ0n) is 14.0. The van der Waals surface area contributed by atoms with Gasteiger partial charge in [0.05, 0.1) is 16.9 Å². The SMILES string of the molecule is CC(C)(C)/C=C/C(=O)Nc1ccccc1NC(=O)c1cccnc1. The van der Waals surface area contributed by atoms with E-state index < -0.39 is 0 Å². The van der Waals surface area contributed by atoms with Gasteiger partial charge >= 0.3 is 0 Å². The van der Waals surface area contributed by atoms with Crippen molar-refractivity contribution in [1.82, 2.24) is 4.98 Å². The molecule has 0 saturated carbocycles. The van der Waals surface area contributed by atoms with Gasteiger partial charge in [-0.05, 0) is 35.8 Å². The highest BCUT2D eigenvalue weighted by Gasteiger charge is 2.11. The number of amides is 2. The lowest BCUT2D eigenvalue weighted by Crippen LogP contribution is -2.16. The summed E-state index contributed by atoms with van der Waals surface area (Å²) in [5.41, 5.74) is 1.44. The van der Waals surface area contributed by atoms with Gasteiger partial charge in [-0.25, -0.2) is 0 Å². The van der Waals surface area contributed by atoms with Crippen LogP contribution in [0, 0.1) is 5.41 Å². The lowest BCUT2D eigenvalue weighted by molar-refractivity contribution is -0.112. The van der Waals surface area contributed by atoms with Gasteiger partial charge in [0, 0.05) is 12.4 Å². The number of pyridine rings is 1. The first-order chi connectivity index (χ1) is 11.3. The minimum Gasteiger partial charge on any atom is -0.321 e. The Morgan fingerprint density at radius 2 is 1.67 bits per heavy atom. The van der Waals surface area contributed by atoms with Crippen molar-refractivity contribution in [1.29, 1.82) is 0 Å². The third-order valence-corrected chi connectivity index (χ3v) is 3.09. The van der Waals surface area contributed by atoms with Crippen LogP contribution in [0.25, 0.3) is 0 Å². The fourth-order valence-corrected chi connectivity index (χ4v) is 1.89. The Kier molecular flexibility index (Phi) is 5.47. The second kappa shape index (κ2) is 7.55. The Labute approximate surface area is 141 Å². The minimum absolute atomic E-state index is 0.0780. The van der Waals surface area contributed by atoms with Crippen LogP contribution in [-0.4, -0.2) is 16.8 Å². The van der Waals surface area contributed by atoms with Crippen LogP contribution in [0.5, 0.6) is 0 Å². The normalized spacial score (nSPS) is 11.3. The van der Waals surface area contributed by atoms with E-state index in [2.05, 4.69) is 15.6 Å². The Bertz CT molecular complexity index is 747. The molecule has 0 aliphatic rings. The van der Waals surface area contributed by atoms with E-state index in [1.54, 1.807) is 42.6 Å². The van der Waals surface area contributed by atoms with Gasteiger partial charge in [0.1, 0.15) is 0 Å². The third-order valence-electron chi connectivity index (χ3n) is 3.09. The summed E-state index contributed by atoms with van der Waals surface area (Å²) in [7, 11) is 0. The number of allylic oxidation sites excluding steroid dienone is 1. The molecule has 2 amide bonds. The number of para-hydroxylation sites is 2. The van der Waals surface area contributed by atoms with E-state index in [9.17, 15) is 9.59 Å². The first-order valence-electron chi connectivity index (χ1n) is 7.66. The van der Waals surface area contributed by atoms with Gasteiger partial charge in [0.2, 0.25) is 5.91 Å². The minimum atomic E-state index is -0.282. The standard InChI is InChI=1S/C19H21N3O2/c1-19(2,3)11-10-17(23)21-15-8-4-5-9-16(15)22-18(24)14-7-6-12-20-13-14/h4-13H,1-3H3,(H,21,23)(H,22,24)/b11-10+. The number of nitrogens with one attached hydrogen (secondary N) is 2. The number of carbonyl (C=O) groups excluding carboxylic acids is 2. The van der Waals surface area contributed by atoms with Crippen molar-refractivity contribution in [2.24, 2.45) is 5.41 Å². The van der Waals surface area contributed by atoms with Crippen LogP contribution in [0.2, 0.25) is 0 Å². The summed E-state index contributed by atoms with van der Waals surface area (Å²) in [6.45, 7) is 6.04. The topological polar surface area (TPSA) is 71.1 Å². The largest absolute Gasteiger partial charge is 0.321 e. The van der Waals surface area contributed by atoms with Crippen LogP contribution in [0.15, 0.2) is 60.9 Å². The summed E-state index contributed by atoms with van der Waals surface area (Å²) in [6, 6.07) is 10.4. The number of hydrogen-bond acceptors (Lipinski definition) is 3. The molecule has 0 fully saturated rings. The number of hydrogen-bond donors (Lipinski definition) is 2. The molecule has 0 radical (unpaired) electrons. The monoisotopic (exact) mass is 323 g/mol. The predicted molar refractivity (Wildman–Crippen MR) is 95.9 cm³/mol. The number of carbonyl (C=O) groups is 2. The molecule has 0 unspecified atom stereocenters. The molecule has 0 aliphatic heterocycles. The van der Waals surface area contributed by atoms with Crippen LogP contribution in [-0.2, 0) is 4.79 Å². The van der Waals surface area contributed by atoms with Gasteiger partial charge in [-0.3, -0.25) is 14.6 Å². The molecular weight excluding hydrogens is 302 g/mol. The molecule has 0 spiro atoms. The molecule has 2 rings (SSSR count). The maximum Gasteiger partial charge on any atom is 0.257 e. The highest BCUT2D eigenvalue weighted by Crippen LogP contribution is 2.22. The molecule has 0 atom stereocenters. The molecule has 5 nitrogen and oxygen atoms in total. The average molecular weight is 323 g/mol. The Morgan fingerprint density at radius 3 is 2.25 bits per heavy atom. The second-order valence-corrected chi connectivity index (χ2v) is 6.43. The smallest absolute Gasteiger partial charge is 0.257 e. The summed E-state index contributed by atoms with van der Waals surface area (Å²) in [5.74, 6) is -0.525. The van der Waals surface area contributed by atoms with E-state index in [1.807, 2.05) is 26.8 Å². The molecule has 0 bridgehead atoms. The van der Waals surface area contributed by atoms with Crippen molar-refractivity contribution >= 4 is 23.2 Å². The Morgan fingerprint density at radius 1 is 1.00 bits per heavy atom. The zero-order chi connectivity index (χ0) is 17.6. The van der Waals surface area contributed by atoms with Crippen LogP contribution >= 0.6 is 0 Å². The summed E-state index contributed by atoms with van der Waals surface area (Å²) in [4.78, 5) is 28.2. The summed E-state index contributed by atoms with van der Waals surface area (Å²) in [5, 5.41) is 5.57. The van der Waals surface area contributed by atoms with E-state index in [-0.39, 0.29) is 17.2 Å². The summed E-state index contributed by atoms with van der Waals surface area (Å²) in [6.07, 6.45) is 6.42. The molecule has 0 aliphatic carbocycles. The van der Waals surface area contributed by atoms with Crippen molar-refractivity contribution in [3.8, 4) is 0 Å². The van der Waals surface area contributed by atoms with Gasteiger partial charge in [0.25, 0.3) is 5.91 Å². The van der Waals surface area contributed by atoms with Crippen LogP contribution in [0.4, 0.5) is 11.4 Å². The summed E-state index contributed by atoms with van der Waals surface area (Å²) < 4.78 is 0. The zero-order valence-corrected chi connectivity index (χ0v) is 14.0. The lowest BCUT2D eigenvalue weighted by atomic mass is 9.96. The Balaban J connectivity index is 2.12. The second-order valence-electron chi connectivity index (χ2n) is 6.43. The molecule has 0 saturated heterocycles. The van der Waals surface area contributed by atoms with E-state index in [0.717, 1.165) is 0 Å². The number of nitrogens with zero attached hydrogens (tertiary/aromatic N) is 1. The van der Waals surface area contributed by atoms with E-state index >= 15 is 0 Å². The fraction of sp³-hybridized carbons (Fsp3) is 0.211. The number of rotatable bonds is 4. The highest BCUT2D eigenvalue weighted by molar-refractivity contribution is 6.08. The van der Waals surface area contributed by atoms with Crippen molar-refractivity contribution in [3.63, 3.8) is 0 Å². The van der Waals surface area contributed by atoms with E-state index in [0.29, 0.717) is 16.9 Å². The van der Waals surface area contributed by atoms with E-state index in [1.165, 1.54) is 12.3 Å². The van der Waals surface area contributed by atoms with Gasteiger partial charge in [-0.2, -0.15) is 0 Å². The molecule has 2 aromatic rings. The average Bonchev–Trinajstić information content (AvgIpc) is 2.55. The number of anilines is 2. The summed E-state index contributed by atoms with van der Waals surface area (Å²) >= 11 is 0. The van der Waals surface area contributed by atoms with Crippen LogP contribution < -0.4 is 10.6 Å². The number of benzene rings is 1. The maximum absolute atomic E-state index is 12.2.